The van der Waals surface area contributed by atoms with Gasteiger partial charge in [0.1, 0.15) is 0 Å². The molecule has 1 aromatic carbocycles. The average molecular weight is 253 g/mol. The van der Waals surface area contributed by atoms with E-state index in [2.05, 4.69) is 15.3 Å². The van der Waals surface area contributed by atoms with Crippen LogP contribution in [-0.4, -0.2) is 16.5 Å². The second-order valence-electron chi connectivity index (χ2n) is 4.42. The normalized spacial score (nSPS) is 10.8. The lowest BCUT2D eigenvalue weighted by Crippen LogP contribution is -2.04. The molecule has 4 heteroatoms. The smallest absolute Gasteiger partial charge is 0.199 e. The number of aryl methyl sites for hydroxylation is 1. The van der Waals surface area contributed by atoms with E-state index in [1.165, 1.54) is 0 Å². The molecule has 2 heterocycles. The first-order valence-electron chi connectivity index (χ1n) is 6.33. The van der Waals surface area contributed by atoms with Gasteiger partial charge in [-0.3, -0.25) is 0 Å². The predicted molar refractivity (Wildman–Crippen MR) is 75.2 cm³/mol. The lowest BCUT2D eigenvalue weighted by Gasteiger charge is -2.03. The predicted octanol–water partition coefficient (Wildman–Crippen LogP) is 3.19. The van der Waals surface area contributed by atoms with Crippen LogP contribution in [0.2, 0.25) is 0 Å². The number of hydrogen-bond donors (Lipinski definition) is 1. The Morgan fingerprint density at radius 3 is 2.74 bits per heavy atom. The number of anilines is 1. The summed E-state index contributed by atoms with van der Waals surface area (Å²) in [5.41, 5.74) is 3.50. The largest absolute Gasteiger partial charge is 0.439 e. The van der Waals surface area contributed by atoms with Crippen LogP contribution in [0.3, 0.4) is 0 Å². The number of nitrogens with zero attached hydrogens (tertiary/aromatic N) is 2. The molecule has 4 nitrogen and oxygen atoms in total. The Bertz CT molecular complexity index is 676. The molecule has 0 bridgehead atoms. The molecule has 96 valence electrons. The highest BCUT2D eigenvalue weighted by atomic mass is 16.3. The van der Waals surface area contributed by atoms with Crippen LogP contribution in [0.4, 0.5) is 5.69 Å². The van der Waals surface area contributed by atoms with Gasteiger partial charge in [0.05, 0.1) is 0 Å². The molecule has 0 spiro atoms. The fourth-order valence-electron chi connectivity index (χ4n) is 1.93. The monoisotopic (exact) mass is 253 g/mol. The van der Waals surface area contributed by atoms with Crippen LogP contribution in [0.25, 0.3) is 11.2 Å². The summed E-state index contributed by atoms with van der Waals surface area (Å²) in [5, 5.41) is 3.33. The van der Waals surface area contributed by atoms with Crippen LogP contribution in [0.5, 0.6) is 0 Å². The minimum atomic E-state index is 0.690. The SMILES string of the molecule is Cc1ccc2oc(CCNc3ccccc3)nc2n1. The molecular weight excluding hydrogens is 238 g/mol. The Hall–Kier alpha value is -2.36. The minimum Gasteiger partial charge on any atom is -0.439 e. The maximum Gasteiger partial charge on any atom is 0.199 e. The standard InChI is InChI=1S/C15H15N3O/c1-11-7-8-13-15(17-11)18-14(19-13)9-10-16-12-5-3-2-4-6-12/h2-8,16H,9-10H2,1H3. The molecule has 0 radical (unpaired) electrons. The molecule has 0 fully saturated rings. The molecule has 19 heavy (non-hydrogen) atoms. The highest BCUT2D eigenvalue weighted by Gasteiger charge is 2.06. The van der Waals surface area contributed by atoms with Gasteiger partial charge in [0.2, 0.25) is 0 Å². The van der Waals surface area contributed by atoms with Crippen LogP contribution in [0.1, 0.15) is 11.6 Å². The van der Waals surface area contributed by atoms with Crippen LogP contribution in [0.15, 0.2) is 46.9 Å². The molecule has 0 saturated heterocycles. The summed E-state index contributed by atoms with van der Waals surface area (Å²) in [6, 6.07) is 13.9. The van der Waals surface area contributed by atoms with Crippen molar-refractivity contribution in [3.8, 4) is 0 Å². The number of benzene rings is 1. The number of rotatable bonds is 4. The zero-order valence-electron chi connectivity index (χ0n) is 10.8. The van der Waals surface area contributed by atoms with Crippen molar-refractivity contribution in [3.05, 3.63) is 54.0 Å². The van der Waals surface area contributed by atoms with Crippen molar-refractivity contribution in [2.75, 3.05) is 11.9 Å². The first-order chi connectivity index (χ1) is 9.31. The summed E-state index contributed by atoms with van der Waals surface area (Å²) in [7, 11) is 0. The van der Waals surface area contributed by atoms with Crippen molar-refractivity contribution in [1.29, 1.82) is 0 Å². The van der Waals surface area contributed by atoms with Gasteiger partial charge in [-0.15, -0.1) is 0 Å². The molecule has 0 aliphatic rings. The minimum absolute atomic E-state index is 0.690. The van der Waals surface area contributed by atoms with Gasteiger partial charge >= 0.3 is 0 Å². The third-order valence-corrected chi connectivity index (χ3v) is 2.88. The second-order valence-corrected chi connectivity index (χ2v) is 4.42. The van der Waals surface area contributed by atoms with Crippen LogP contribution in [-0.2, 0) is 6.42 Å². The van der Waals surface area contributed by atoms with Gasteiger partial charge in [-0.25, -0.2) is 4.98 Å². The fourth-order valence-corrected chi connectivity index (χ4v) is 1.93. The van der Waals surface area contributed by atoms with Gasteiger partial charge in [0.15, 0.2) is 17.1 Å². The molecule has 0 atom stereocenters. The van der Waals surface area contributed by atoms with E-state index in [0.29, 0.717) is 5.65 Å². The zero-order chi connectivity index (χ0) is 13.1. The number of oxazole rings is 1. The summed E-state index contributed by atoms with van der Waals surface area (Å²) in [5.74, 6) is 0.719. The third kappa shape index (κ3) is 2.73. The van der Waals surface area contributed by atoms with E-state index in [1.54, 1.807) is 0 Å². The van der Waals surface area contributed by atoms with Crippen LogP contribution >= 0.6 is 0 Å². The van der Waals surface area contributed by atoms with Gasteiger partial charge in [-0.1, -0.05) is 18.2 Å². The Balaban J connectivity index is 1.65. The van der Waals surface area contributed by atoms with Crippen molar-refractivity contribution in [3.63, 3.8) is 0 Å². The van der Waals surface area contributed by atoms with Crippen molar-refractivity contribution in [2.24, 2.45) is 0 Å². The van der Waals surface area contributed by atoms with Crippen molar-refractivity contribution >= 4 is 16.9 Å². The zero-order valence-corrected chi connectivity index (χ0v) is 10.8. The Morgan fingerprint density at radius 2 is 1.89 bits per heavy atom. The molecule has 0 unspecified atom stereocenters. The van der Waals surface area contributed by atoms with Crippen molar-refractivity contribution in [1.82, 2.24) is 9.97 Å². The van der Waals surface area contributed by atoms with Gasteiger partial charge in [-0.05, 0) is 31.2 Å². The lowest BCUT2D eigenvalue weighted by atomic mass is 10.3. The Kier molecular flexibility index (Phi) is 3.14. The van der Waals surface area contributed by atoms with Gasteiger partial charge < -0.3 is 9.73 Å². The highest BCUT2D eigenvalue weighted by Crippen LogP contribution is 2.14. The third-order valence-electron chi connectivity index (χ3n) is 2.88. The van der Waals surface area contributed by atoms with Crippen LogP contribution < -0.4 is 5.32 Å². The molecule has 3 aromatic rings. The fraction of sp³-hybridized carbons (Fsp3) is 0.200. The Labute approximate surface area is 111 Å². The second kappa shape index (κ2) is 5.10. The molecule has 2 aromatic heterocycles. The van der Waals surface area contributed by atoms with Crippen molar-refractivity contribution in [2.45, 2.75) is 13.3 Å². The summed E-state index contributed by atoms with van der Waals surface area (Å²) in [4.78, 5) is 8.72. The molecule has 0 aliphatic carbocycles. The number of hydrogen-bond acceptors (Lipinski definition) is 4. The van der Waals surface area contributed by atoms with E-state index >= 15 is 0 Å². The molecule has 0 saturated carbocycles. The van der Waals surface area contributed by atoms with Gasteiger partial charge in [-0.2, -0.15) is 4.98 Å². The molecule has 1 N–H and O–H groups in total. The van der Waals surface area contributed by atoms with E-state index in [9.17, 15) is 0 Å². The first-order valence-corrected chi connectivity index (χ1v) is 6.33. The maximum atomic E-state index is 5.65. The summed E-state index contributed by atoms with van der Waals surface area (Å²) < 4.78 is 5.65. The quantitative estimate of drug-likeness (QED) is 0.775. The number of pyridine rings is 1. The lowest BCUT2D eigenvalue weighted by molar-refractivity contribution is 0.534. The molecule has 3 rings (SSSR count). The van der Waals surface area contributed by atoms with E-state index in [0.717, 1.165) is 35.8 Å². The number of fused-ring (bicyclic) bond motifs is 1. The molecule has 0 aliphatic heterocycles. The first kappa shape index (κ1) is 11.7. The summed E-state index contributed by atoms with van der Waals surface area (Å²) in [6.07, 6.45) is 0.740. The van der Waals surface area contributed by atoms with E-state index in [-0.39, 0.29) is 0 Å². The number of para-hydroxylation sites is 1. The summed E-state index contributed by atoms with van der Waals surface area (Å²) >= 11 is 0. The topological polar surface area (TPSA) is 51.0 Å². The summed E-state index contributed by atoms with van der Waals surface area (Å²) in [6.45, 7) is 2.74. The van der Waals surface area contributed by atoms with E-state index in [1.807, 2.05) is 49.4 Å². The van der Waals surface area contributed by atoms with E-state index < -0.39 is 0 Å². The number of aromatic nitrogens is 2. The average Bonchev–Trinajstić information content (AvgIpc) is 2.82. The van der Waals surface area contributed by atoms with Crippen molar-refractivity contribution < 1.29 is 4.42 Å². The maximum absolute atomic E-state index is 5.65. The van der Waals surface area contributed by atoms with Crippen LogP contribution in [0, 0.1) is 6.92 Å². The highest BCUT2D eigenvalue weighted by molar-refractivity contribution is 5.67. The Morgan fingerprint density at radius 1 is 1.05 bits per heavy atom. The molecular formula is C15H15N3O. The van der Waals surface area contributed by atoms with Gasteiger partial charge in [0, 0.05) is 24.3 Å². The number of nitrogens with one attached hydrogen (secondary N) is 1. The van der Waals surface area contributed by atoms with Gasteiger partial charge in [0.25, 0.3) is 0 Å². The van der Waals surface area contributed by atoms with E-state index in [4.69, 9.17) is 4.42 Å². The molecule has 0 amide bonds.